The second-order valence-electron chi connectivity index (χ2n) is 17.7. The van der Waals surface area contributed by atoms with Crippen LogP contribution in [0, 0.1) is 0 Å². The lowest BCUT2D eigenvalue weighted by Crippen LogP contribution is -2.64. The van der Waals surface area contributed by atoms with E-state index in [0.717, 1.165) is 64.2 Å². The number of allylic oxidation sites excluding steroid dienone is 4. The van der Waals surface area contributed by atoms with Gasteiger partial charge in [0.2, 0.25) is 0 Å². The number of aliphatic hydroxyl groups is 5. The van der Waals surface area contributed by atoms with E-state index < -0.39 is 75.7 Å². The van der Waals surface area contributed by atoms with E-state index in [4.69, 9.17) is 18.5 Å². The first-order valence-corrected chi connectivity index (χ1v) is 26.6. The molecular formula is C49H91O13P. The van der Waals surface area contributed by atoms with Crippen LogP contribution in [0.2, 0.25) is 0 Å². The maximum Gasteiger partial charge on any atom is 0.472 e. The quantitative estimate of drug-likeness (QED) is 0.0146. The summed E-state index contributed by atoms with van der Waals surface area (Å²) in [5.74, 6) is -1.10. The molecule has 1 aliphatic rings. The van der Waals surface area contributed by atoms with Crippen LogP contribution in [0.3, 0.4) is 0 Å². The second-order valence-corrected chi connectivity index (χ2v) is 19.1. The molecule has 0 amide bonds. The first kappa shape index (κ1) is 59.3. The predicted molar refractivity (Wildman–Crippen MR) is 249 cm³/mol. The SMILES string of the molecule is CCCCCC/C=C/CCCCCCCC(=O)OC[C@H](COP(=O)(O)OC1C(O)C(O)C(O)[C@@H](O)C1O)OC(=O)CCCCCCCCCCCCC/C=C/CCCCCCCC. The van der Waals surface area contributed by atoms with Crippen LogP contribution in [0.5, 0.6) is 0 Å². The Labute approximate surface area is 381 Å². The Morgan fingerprint density at radius 2 is 0.810 bits per heavy atom. The average molecular weight is 919 g/mol. The molecule has 6 unspecified atom stereocenters. The van der Waals surface area contributed by atoms with Crippen LogP contribution in [0.25, 0.3) is 0 Å². The molecule has 63 heavy (non-hydrogen) atoms. The summed E-state index contributed by atoms with van der Waals surface area (Å²) in [5.41, 5.74) is 0. The third-order valence-electron chi connectivity index (χ3n) is 11.8. The Morgan fingerprint density at radius 3 is 1.22 bits per heavy atom. The van der Waals surface area contributed by atoms with E-state index in [-0.39, 0.29) is 12.8 Å². The number of phosphoric ester groups is 1. The molecule has 1 saturated carbocycles. The fourth-order valence-electron chi connectivity index (χ4n) is 7.69. The third-order valence-corrected chi connectivity index (χ3v) is 12.8. The first-order valence-electron chi connectivity index (χ1n) is 25.1. The average Bonchev–Trinajstić information content (AvgIpc) is 3.26. The molecule has 1 fully saturated rings. The number of esters is 2. The second kappa shape index (κ2) is 39.5. The largest absolute Gasteiger partial charge is 0.472 e. The normalized spacial score (nSPS) is 21.8. The summed E-state index contributed by atoms with van der Waals surface area (Å²) < 4.78 is 33.6. The number of phosphoric acid groups is 1. The number of aliphatic hydroxyl groups excluding tert-OH is 5. The molecule has 13 nitrogen and oxygen atoms in total. The standard InChI is InChI=1S/C49H91O13P/c1-3-5-7-9-11-13-15-17-18-19-20-21-22-23-24-26-28-30-32-34-36-38-43(51)61-41(40-60-63(57,58)62-49-47(55)45(53)44(52)46(54)48(49)56)39-59-42(50)37-35-33-31-29-27-25-16-14-12-10-8-6-4-2/h14,16-18,41,44-49,52-56H,3-13,15,19-40H2,1-2H3,(H,57,58)/b16-14+,18-17+/t41-,44?,45-,46?,47?,48?,49?/m1/s1. The van der Waals surface area contributed by atoms with Crippen molar-refractivity contribution >= 4 is 19.8 Å². The molecule has 0 aromatic heterocycles. The van der Waals surface area contributed by atoms with E-state index in [2.05, 4.69) is 38.2 Å². The van der Waals surface area contributed by atoms with Gasteiger partial charge in [-0.25, -0.2) is 4.57 Å². The van der Waals surface area contributed by atoms with E-state index in [1.807, 2.05) is 0 Å². The molecular weight excluding hydrogens is 827 g/mol. The summed E-state index contributed by atoms with van der Waals surface area (Å²) in [6.45, 7) is 3.29. The Bertz CT molecular complexity index is 1200. The zero-order valence-corrected chi connectivity index (χ0v) is 40.3. The highest BCUT2D eigenvalue weighted by Crippen LogP contribution is 2.47. The van der Waals surface area contributed by atoms with Crippen molar-refractivity contribution in [3.63, 3.8) is 0 Å². The van der Waals surface area contributed by atoms with E-state index in [9.17, 15) is 44.6 Å². The van der Waals surface area contributed by atoms with Crippen LogP contribution in [-0.4, -0.2) is 98.3 Å². The van der Waals surface area contributed by atoms with Crippen molar-refractivity contribution in [1.82, 2.24) is 0 Å². The highest BCUT2D eigenvalue weighted by atomic mass is 31.2. The van der Waals surface area contributed by atoms with Crippen LogP contribution in [0.1, 0.15) is 219 Å². The number of carbonyl (C=O) groups excluding carboxylic acids is 2. The van der Waals surface area contributed by atoms with E-state index >= 15 is 0 Å². The van der Waals surface area contributed by atoms with Gasteiger partial charge in [-0.15, -0.1) is 0 Å². The predicted octanol–water partition coefficient (Wildman–Crippen LogP) is 10.4. The maximum atomic E-state index is 12.8. The molecule has 0 aromatic carbocycles. The Hall–Kier alpha value is -1.67. The van der Waals surface area contributed by atoms with Gasteiger partial charge in [-0.1, -0.05) is 167 Å². The van der Waals surface area contributed by atoms with E-state index in [1.165, 1.54) is 116 Å². The fourth-order valence-corrected chi connectivity index (χ4v) is 8.66. The Balaban J connectivity index is 2.39. The minimum absolute atomic E-state index is 0.0965. The number of hydrogen-bond donors (Lipinski definition) is 6. The summed E-state index contributed by atoms with van der Waals surface area (Å²) in [6, 6.07) is 0. The summed E-state index contributed by atoms with van der Waals surface area (Å²) in [6.07, 6.45) is 30.9. The van der Waals surface area contributed by atoms with Crippen molar-refractivity contribution in [3.8, 4) is 0 Å². The summed E-state index contributed by atoms with van der Waals surface area (Å²) in [5, 5.41) is 50.2. The lowest BCUT2D eigenvalue weighted by molar-refractivity contribution is -0.220. The Morgan fingerprint density at radius 1 is 0.476 bits per heavy atom. The molecule has 6 N–H and O–H groups in total. The van der Waals surface area contributed by atoms with Gasteiger partial charge in [0.05, 0.1) is 6.61 Å². The van der Waals surface area contributed by atoms with Crippen molar-refractivity contribution < 1.29 is 63.1 Å². The van der Waals surface area contributed by atoms with Gasteiger partial charge in [0.1, 0.15) is 43.2 Å². The third kappa shape index (κ3) is 31.8. The molecule has 0 bridgehead atoms. The van der Waals surface area contributed by atoms with Gasteiger partial charge in [-0.3, -0.25) is 18.6 Å². The minimum atomic E-state index is -5.12. The highest BCUT2D eigenvalue weighted by molar-refractivity contribution is 7.47. The molecule has 14 heteroatoms. The van der Waals surface area contributed by atoms with Crippen molar-refractivity contribution in [2.45, 2.75) is 262 Å². The molecule has 0 heterocycles. The lowest BCUT2D eigenvalue weighted by atomic mass is 9.85. The van der Waals surface area contributed by atoms with E-state index in [0.29, 0.717) is 12.8 Å². The van der Waals surface area contributed by atoms with Gasteiger partial charge in [0.15, 0.2) is 6.10 Å². The molecule has 1 aliphatic carbocycles. The van der Waals surface area contributed by atoms with Gasteiger partial charge in [0.25, 0.3) is 0 Å². The van der Waals surface area contributed by atoms with Gasteiger partial charge in [-0.2, -0.15) is 0 Å². The molecule has 370 valence electrons. The molecule has 0 spiro atoms. The summed E-state index contributed by atoms with van der Waals surface area (Å²) >= 11 is 0. The van der Waals surface area contributed by atoms with Crippen LogP contribution in [0.4, 0.5) is 0 Å². The van der Waals surface area contributed by atoms with Crippen LogP contribution in [0.15, 0.2) is 24.3 Å². The number of hydrogen-bond acceptors (Lipinski definition) is 12. The highest BCUT2D eigenvalue weighted by Gasteiger charge is 2.51. The monoisotopic (exact) mass is 919 g/mol. The molecule has 0 aromatic rings. The Kier molecular flexibility index (Phi) is 37.2. The van der Waals surface area contributed by atoms with E-state index in [1.54, 1.807) is 0 Å². The van der Waals surface area contributed by atoms with Crippen LogP contribution < -0.4 is 0 Å². The number of rotatable bonds is 42. The molecule has 1 rings (SSSR count). The minimum Gasteiger partial charge on any atom is -0.462 e. The van der Waals surface area contributed by atoms with Crippen molar-refractivity contribution in [3.05, 3.63) is 24.3 Å². The zero-order valence-electron chi connectivity index (χ0n) is 39.4. The van der Waals surface area contributed by atoms with Crippen LogP contribution in [-0.2, 0) is 32.7 Å². The first-order chi connectivity index (χ1) is 30.4. The molecule has 8 atom stereocenters. The fraction of sp³-hybridized carbons (Fsp3) is 0.878. The van der Waals surface area contributed by atoms with Crippen molar-refractivity contribution in [2.24, 2.45) is 0 Å². The lowest BCUT2D eigenvalue weighted by Gasteiger charge is -2.41. The number of ether oxygens (including phenoxy) is 2. The van der Waals surface area contributed by atoms with Gasteiger partial charge in [-0.05, 0) is 64.2 Å². The van der Waals surface area contributed by atoms with Gasteiger partial charge in [0, 0.05) is 12.8 Å². The zero-order chi connectivity index (χ0) is 46.4. The molecule has 0 radical (unpaired) electrons. The topological polar surface area (TPSA) is 210 Å². The van der Waals surface area contributed by atoms with Gasteiger partial charge >= 0.3 is 19.8 Å². The maximum absolute atomic E-state index is 12.8. The van der Waals surface area contributed by atoms with Crippen LogP contribution >= 0.6 is 7.82 Å². The number of carbonyl (C=O) groups is 2. The number of unbranched alkanes of at least 4 members (excludes halogenated alkanes) is 26. The molecule has 0 aliphatic heterocycles. The van der Waals surface area contributed by atoms with Gasteiger partial charge < -0.3 is 39.9 Å². The smallest absolute Gasteiger partial charge is 0.462 e. The van der Waals surface area contributed by atoms with Crippen molar-refractivity contribution in [1.29, 1.82) is 0 Å². The summed E-state index contributed by atoms with van der Waals surface area (Å²) in [4.78, 5) is 35.8. The van der Waals surface area contributed by atoms with Crippen molar-refractivity contribution in [2.75, 3.05) is 13.2 Å². The summed E-state index contributed by atoms with van der Waals surface area (Å²) in [7, 11) is -5.12. The molecule has 0 saturated heterocycles.